The van der Waals surface area contributed by atoms with Crippen molar-refractivity contribution in [2.24, 2.45) is 12.5 Å². The van der Waals surface area contributed by atoms with Crippen molar-refractivity contribution in [3.63, 3.8) is 0 Å². The zero-order chi connectivity index (χ0) is 14.2. The van der Waals surface area contributed by atoms with Crippen molar-refractivity contribution < 1.29 is 0 Å². The smallest absolute Gasteiger partial charge is 0.146 e. The molecule has 1 aromatic heterocycles. The number of nitrogens with one attached hydrogen (secondary N) is 1. The average molecular weight is 270 g/mol. The van der Waals surface area contributed by atoms with Crippen LogP contribution >= 0.6 is 0 Å². The van der Waals surface area contributed by atoms with Crippen LogP contribution in [0.5, 0.6) is 0 Å². The van der Waals surface area contributed by atoms with Gasteiger partial charge in [0.25, 0.3) is 0 Å². The molecular formula is C16H22N4. The van der Waals surface area contributed by atoms with Crippen LogP contribution in [0.3, 0.4) is 0 Å². The summed E-state index contributed by atoms with van der Waals surface area (Å²) in [5.74, 6) is 1.63. The molecule has 20 heavy (non-hydrogen) atoms. The van der Waals surface area contributed by atoms with Crippen molar-refractivity contribution >= 4 is 0 Å². The Morgan fingerprint density at radius 2 is 2.05 bits per heavy atom. The summed E-state index contributed by atoms with van der Waals surface area (Å²) in [7, 11) is 1.98. The second-order valence-electron chi connectivity index (χ2n) is 6.31. The molecule has 0 spiro atoms. The van der Waals surface area contributed by atoms with Gasteiger partial charge in [0.05, 0.1) is 6.54 Å². The highest BCUT2D eigenvalue weighted by Gasteiger charge is 2.48. The van der Waals surface area contributed by atoms with Crippen LogP contribution in [-0.2, 0) is 13.6 Å². The van der Waals surface area contributed by atoms with Gasteiger partial charge in [0.2, 0.25) is 0 Å². The number of hydrogen-bond acceptors (Lipinski definition) is 3. The van der Waals surface area contributed by atoms with E-state index in [2.05, 4.69) is 59.7 Å². The van der Waals surface area contributed by atoms with Gasteiger partial charge in [-0.1, -0.05) is 44.2 Å². The van der Waals surface area contributed by atoms with E-state index < -0.39 is 0 Å². The Hall–Kier alpha value is -1.68. The van der Waals surface area contributed by atoms with Crippen molar-refractivity contribution in [3.8, 4) is 0 Å². The molecule has 1 heterocycles. The molecule has 4 heteroatoms. The van der Waals surface area contributed by atoms with Crippen LogP contribution in [0.4, 0.5) is 0 Å². The van der Waals surface area contributed by atoms with Crippen LogP contribution in [0.25, 0.3) is 0 Å². The highest BCUT2D eigenvalue weighted by molar-refractivity contribution is 5.27. The van der Waals surface area contributed by atoms with Crippen molar-refractivity contribution in [2.45, 2.75) is 38.8 Å². The lowest BCUT2D eigenvalue weighted by Gasteiger charge is -2.53. The second-order valence-corrected chi connectivity index (χ2v) is 6.31. The molecule has 106 valence electrons. The first kappa shape index (κ1) is 13.3. The number of hydrogen-bond donors (Lipinski definition) is 1. The molecule has 0 unspecified atom stereocenters. The Bertz CT molecular complexity index is 573. The molecule has 1 aromatic carbocycles. The largest absolute Gasteiger partial charge is 0.320 e. The van der Waals surface area contributed by atoms with Crippen molar-refractivity contribution in [1.82, 2.24) is 20.1 Å². The first-order valence-corrected chi connectivity index (χ1v) is 7.20. The van der Waals surface area contributed by atoms with Gasteiger partial charge in [-0.05, 0) is 23.3 Å². The topological polar surface area (TPSA) is 42.7 Å². The van der Waals surface area contributed by atoms with Crippen molar-refractivity contribution in [2.75, 3.05) is 0 Å². The molecule has 1 N–H and O–H groups in total. The normalized spacial score (nSPS) is 24.4. The molecule has 0 radical (unpaired) electrons. The third-order valence-corrected chi connectivity index (χ3v) is 4.78. The van der Waals surface area contributed by atoms with Gasteiger partial charge in [-0.2, -0.15) is 0 Å². The number of benzene rings is 1. The van der Waals surface area contributed by atoms with E-state index in [-0.39, 0.29) is 5.41 Å². The minimum Gasteiger partial charge on any atom is -0.320 e. The Morgan fingerprint density at radius 3 is 2.65 bits per heavy atom. The van der Waals surface area contributed by atoms with E-state index in [4.69, 9.17) is 0 Å². The van der Waals surface area contributed by atoms with Gasteiger partial charge < -0.3 is 9.88 Å². The van der Waals surface area contributed by atoms with E-state index in [1.54, 1.807) is 6.33 Å². The van der Waals surface area contributed by atoms with E-state index in [1.165, 1.54) is 12.0 Å². The SMILES string of the molecule is Cn1cnnc1CN[C@H]1C[C@@H](c2ccccc2)C1(C)C. The summed E-state index contributed by atoms with van der Waals surface area (Å²) in [6.07, 6.45) is 2.94. The average Bonchev–Trinajstić information content (AvgIpc) is 2.84. The van der Waals surface area contributed by atoms with Gasteiger partial charge in [0, 0.05) is 13.1 Å². The zero-order valence-corrected chi connectivity index (χ0v) is 12.4. The Labute approximate surface area is 120 Å². The van der Waals surface area contributed by atoms with Crippen LogP contribution < -0.4 is 5.32 Å². The maximum atomic E-state index is 4.12. The zero-order valence-electron chi connectivity index (χ0n) is 12.4. The molecule has 1 aliphatic rings. The minimum absolute atomic E-state index is 0.278. The lowest BCUT2D eigenvalue weighted by Crippen LogP contribution is -2.55. The fourth-order valence-electron chi connectivity index (χ4n) is 3.20. The van der Waals surface area contributed by atoms with Gasteiger partial charge >= 0.3 is 0 Å². The van der Waals surface area contributed by atoms with E-state index >= 15 is 0 Å². The van der Waals surface area contributed by atoms with Crippen molar-refractivity contribution in [1.29, 1.82) is 0 Å². The Balaban J connectivity index is 1.63. The van der Waals surface area contributed by atoms with Crippen LogP contribution in [0.1, 0.15) is 37.6 Å². The van der Waals surface area contributed by atoms with Gasteiger partial charge in [-0.15, -0.1) is 10.2 Å². The molecule has 2 atom stereocenters. The third kappa shape index (κ3) is 2.24. The monoisotopic (exact) mass is 270 g/mol. The number of nitrogens with zero attached hydrogens (tertiary/aromatic N) is 3. The van der Waals surface area contributed by atoms with E-state index in [0.29, 0.717) is 12.0 Å². The van der Waals surface area contributed by atoms with Gasteiger partial charge in [-0.3, -0.25) is 0 Å². The van der Waals surface area contributed by atoms with E-state index in [1.807, 2.05) is 11.6 Å². The Kier molecular flexibility index (Phi) is 3.34. The quantitative estimate of drug-likeness (QED) is 0.928. The van der Waals surface area contributed by atoms with Crippen LogP contribution in [0.15, 0.2) is 36.7 Å². The van der Waals surface area contributed by atoms with Gasteiger partial charge in [0.15, 0.2) is 0 Å². The van der Waals surface area contributed by atoms with Gasteiger partial charge in [0.1, 0.15) is 12.2 Å². The number of aryl methyl sites for hydroxylation is 1. The maximum absolute atomic E-state index is 4.12. The van der Waals surface area contributed by atoms with E-state index in [0.717, 1.165) is 12.4 Å². The highest BCUT2D eigenvalue weighted by Crippen LogP contribution is 2.52. The van der Waals surface area contributed by atoms with E-state index in [9.17, 15) is 0 Å². The molecule has 0 saturated heterocycles. The molecule has 3 rings (SSSR count). The summed E-state index contributed by atoms with van der Waals surface area (Å²) in [6, 6.07) is 11.4. The molecule has 0 amide bonds. The molecule has 1 saturated carbocycles. The number of rotatable bonds is 4. The lowest BCUT2D eigenvalue weighted by atomic mass is 9.56. The standard InChI is InChI=1S/C16H22N4/c1-16(2)13(12-7-5-4-6-8-12)9-14(16)17-10-15-19-18-11-20(15)3/h4-8,11,13-14,17H,9-10H2,1-3H3/t13-,14-/m0/s1. The third-order valence-electron chi connectivity index (χ3n) is 4.78. The maximum Gasteiger partial charge on any atom is 0.146 e. The summed E-state index contributed by atoms with van der Waals surface area (Å²) in [5, 5.41) is 11.7. The van der Waals surface area contributed by atoms with Crippen LogP contribution in [0.2, 0.25) is 0 Å². The highest BCUT2D eigenvalue weighted by atomic mass is 15.3. The summed E-state index contributed by atoms with van der Waals surface area (Å²) in [6.45, 7) is 5.48. The summed E-state index contributed by atoms with van der Waals surface area (Å²) in [5.41, 5.74) is 1.73. The predicted octanol–water partition coefficient (Wildman–Crippen LogP) is 2.49. The first-order chi connectivity index (χ1) is 9.59. The summed E-state index contributed by atoms with van der Waals surface area (Å²) < 4.78 is 1.97. The molecule has 4 nitrogen and oxygen atoms in total. The number of aromatic nitrogens is 3. The van der Waals surface area contributed by atoms with Crippen molar-refractivity contribution in [3.05, 3.63) is 48.0 Å². The predicted molar refractivity (Wildman–Crippen MR) is 79.2 cm³/mol. The summed E-state index contributed by atoms with van der Waals surface area (Å²) >= 11 is 0. The molecule has 2 aromatic rings. The molecule has 1 fully saturated rings. The van der Waals surface area contributed by atoms with Gasteiger partial charge in [-0.25, -0.2) is 0 Å². The fraction of sp³-hybridized carbons (Fsp3) is 0.500. The molecular weight excluding hydrogens is 248 g/mol. The summed E-state index contributed by atoms with van der Waals surface area (Å²) in [4.78, 5) is 0. The lowest BCUT2D eigenvalue weighted by molar-refractivity contribution is 0.0671. The fourth-order valence-corrected chi connectivity index (χ4v) is 3.20. The minimum atomic E-state index is 0.278. The van der Waals surface area contributed by atoms with Crippen LogP contribution in [0, 0.1) is 5.41 Å². The molecule has 0 aliphatic heterocycles. The Morgan fingerprint density at radius 1 is 1.30 bits per heavy atom. The molecule has 0 bridgehead atoms. The first-order valence-electron chi connectivity index (χ1n) is 7.20. The van der Waals surface area contributed by atoms with Crippen LogP contribution in [-0.4, -0.2) is 20.8 Å². The second kappa shape index (κ2) is 5.02. The molecule has 1 aliphatic carbocycles.